The Labute approximate surface area is 86.8 Å². The third-order valence-electron chi connectivity index (χ3n) is 1.88. The van der Waals surface area contributed by atoms with Gasteiger partial charge in [-0.25, -0.2) is 4.99 Å². The highest BCUT2D eigenvalue weighted by molar-refractivity contribution is 8.26. The molecule has 1 aromatic carbocycles. The number of benzene rings is 1. The number of amidine groups is 1. The highest BCUT2D eigenvalue weighted by atomic mass is 32.2. The fraction of sp³-hybridized carbons (Fsp3) is 0.200. The number of rotatable bonds is 1. The Bertz CT molecular complexity index is 375. The first kappa shape index (κ1) is 9.27. The summed E-state index contributed by atoms with van der Waals surface area (Å²) >= 11 is 1.21. The normalized spacial score (nSPS) is 19.4. The molecule has 0 bridgehead atoms. The van der Waals surface area contributed by atoms with E-state index in [9.17, 15) is 4.79 Å². The van der Waals surface area contributed by atoms with Gasteiger partial charge in [-0.15, -0.1) is 0 Å². The van der Waals surface area contributed by atoms with Crippen molar-refractivity contribution >= 4 is 27.7 Å². The van der Waals surface area contributed by atoms with Crippen LogP contribution in [0.5, 0.6) is 0 Å². The van der Waals surface area contributed by atoms with Crippen molar-refractivity contribution in [2.24, 2.45) is 4.99 Å². The van der Waals surface area contributed by atoms with Crippen LogP contribution in [-0.2, 0) is 4.79 Å². The molecule has 72 valence electrons. The summed E-state index contributed by atoms with van der Waals surface area (Å²) in [4.78, 5) is 17.3. The van der Waals surface area contributed by atoms with Crippen LogP contribution >= 0.6 is 11.8 Å². The van der Waals surface area contributed by atoms with Crippen molar-refractivity contribution in [3.05, 3.63) is 30.3 Å². The standard InChI is InChI=1S/C10H10N2OS/c1-12-7-9(13)14-10(12)11-8-5-3-2-4-6-8/h2-6H,7H2,1H3/b11-10+. The van der Waals surface area contributed by atoms with E-state index in [1.165, 1.54) is 11.8 Å². The Hall–Kier alpha value is -1.29. The van der Waals surface area contributed by atoms with Gasteiger partial charge >= 0.3 is 0 Å². The Morgan fingerprint density at radius 2 is 2.07 bits per heavy atom. The molecule has 0 spiro atoms. The Balaban J connectivity index is 2.23. The molecular weight excluding hydrogens is 196 g/mol. The molecule has 1 saturated heterocycles. The highest BCUT2D eigenvalue weighted by Crippen LogP contribution is 2.21. The maximum atomic E-state index is 11.1. The summed E-state index contributed by atoms with van der Waals surface area (Å²) in [7, 11) is 1.87. The summed E-state index contributed by atoms with van der Waals surface area (Å²) in [5.41, 5.74) is 0.886. The molecule has 1 aliphatic heterocycles. The Morgan fingerprint density at radius 1 is 1.36 bits per heavy atom. The number of aliphatic imine (C=N–C) groups is 1. The van der Waals surface area contributed by atoms with Gasteiger partial charge in [-0.3, -0.25) is 4.79 Å². The monoisotopic (exact) mass is 206 g/mol. The molecule has 0 N–H and O–H groups in total. The number of nitrogens with zero attached hydrogens (tertiary/aromatic N) is 2. The van der Waals surface area contributed by atoms with E-state index in [-0.39, 0.29) is 5.12 Å². The smallest absolute Gasteiger partial charge is 0.215 e. The summed E-state index contributed by atoms with van der Waals surface area (Å²) in [5.74, 6) is 0. The lowest BCUT2D eigenvalue weighted by Crippen LogP contribution is -2.18. The van der Waals surface area contributed by atoms with Crippen LogP contribution in [0, 0.1) is 0 Å². The second kappa shape index (κ2) is 3.84. The zero-order valence-corrected chi connectivity index (χ0v) is 8.62. The average molecular weight is 206 g/mol. The molecule has 2 rings (SSSR count). The molecule has 4 heteroatoms. The van der Waals surface area contributed by atoms with Gasteiger partial charge in [-0.2, -0.15) is 0 Å². The van der Waals surface area contributed by atoms with Crippen molar-refractivity contribution in [3.63, 3.8) is 0 Å². The minimum Gasteiger partial charge on any atom is -0.346 e. The fourth-order valence-electron chi connectivity index (χ4n) is 1.19. The first-order valence-corrected chi connectivity index (χ1v) is 5.13. The number of carbonyl (C=O) groups is 1. The maximum absolute atomic E-state index is 11.1. The number of hydrogen-bond acceptors (Lipinski definition) is 3. The fourth-order valence-corrected chi connectivity index (χ4v) is 2.03. The number of likely N-dealkylation sites (N-methyl/N-ethyl adjacent to an activating group) is 1. The van der Waals surface area contributed by atoms with Crippen LogP contribution in [0.2, 0.25) is 0 Å². The van der Waals surface area contributed by atoms with Crippen LogP contribution in [0.25, 0.3) is 0 Å². The summed E-state index contributed by atoms with van der Waals surface area (Å²) < 4.78 is 0. The second-order valence-corrected chi connectivity index (χ2v) is 4.08. The lowest BCUT2D eigenvalue weighted by atomic mass is 10.3. The van der Waals surface area contributed by atoms with Gasteiger partial charge in [0.2, 0.25) is 5.12 Å². The van der Waals surface area contributed by atoms with Crippen LogP contribution in [-0.4, -0.2) is 28.8 Å². The topological polar surface area (TPSA) is 32.7 Å². The molecule has 0 saturated carbocycles. The molecular formula is C10H10N2OS. The van der Waals surface area contributed by atoms with Gasteiger partial charge in [-0.1, -0.05) is 18.2 Å². The van der Waals surface area contributed by atoms with E-state index < -0.39 is 0 Å². The third kappa shape index (κ3) is 1.96. The van der Waals surface area contributed by atoms with Crippen molar-refractivity contribution in [3.8, 4) is 0 Å². The third-order valence-corrected chi connectivity index (χ3v) is 2.82. The number of thioether (sulfide) groups is 1. The molecule has 0 aliphatic carbocycles. The van der Waals surface area contributed by atoms with Crippen LogP contribution < -0.4 is 0 Å². The molecule has 0 unspecified atom stereocenters. The zero-order chi connectivity index (χ0) is 9.97. The predicted octanol–water partition coefficient (Wildman–Crippen LogP) is 1.88. The van der Waals surface area contributed by atoms with E-state index in [0.29, 0.717) is 6.54 Å². The van der Waals surface area contributed by atoms with E-state index in [1.54, 1.807) is 0 Å². The molecule has 1 heterocycles. The first-order valence-electron chi connectivity index (χ1n) is 4.31. The quantitative estimate of drug-likeness (QED) is 0.703. The van der Waals surface area contributed by atoms with Crippen LogP contribution in [0.4, 0.5) is 5.69 Å². The largest absolute Gasteiger partial charge is 0.346 e. The Morgan fingerprint density at radius 3 is 2.64 bits per heavy atom. The summed E-state index contributed by atoms with van der Waals surface area (Å²) in [5, 5.41) is 0.934. The minimum atomic E-state index is 0.155. The van der Waals surface area contributed by atoms with Crippen molar-refractivity contribution in [2.75, 3.05) is 13.6 Å². The van der Waals surface area contributed by atoms with Crippen molar-refractivity contribution < 1.29 is 4.79 Å². The average Bonchev–Trinajstić information content (AvgIpc) is 2.47. The molecule has 1 aliphatic rings. The number of para-hydroxylation sites is 1. The SMILES string of the molecule is CN1CC(=O)S/C1=N/c1ccccc1. The molecule has 1 fully saturated rings. The van der Waals surface area contributed by atoms with Gasteiger partial charge in [0, 0.05) is 7.05 Å². The van der Waals surface area contributed by atoms with E-state index in [1.807, 2.05) is 42.3 Å². The summed E-state index contributed by atoms with van der Waals surface area (Å²) in [6, 6.07) is 9.65. The second-order valence-electron chi connectivity index (χ2n) is 3.06. The van der Waals surface area contributed by atoms with Crippen LogP contribution in [0.3, 0.4) is 0 Å². The van der Waals surface area contributed by atoms with Gasteiger partial charge in [0.25, 0.3) is 0 Å². The molecule has 3 nitrogen and oxygen atoms in total. The zero-order valence-electron chi connectivity index (χ0n) is 7.80. The maximum Gasteiger partial charge on any atom is 0.215 e. The van der Waals surface area contributed by atoms with Crippen LogP contribution in [0.1, 0.15) is 0 Å². The van der Waals surface area contributed by atoms with E-state index in [0.717, 1.165) is 10.9 Å². The molecule has 0 aromatic heterocycles. The predicted molar refractivity (Wildman–Crippen MR) is 58.8 cm³/mol. The Kier molecular flexibility index (Phi) is 2.54. The number of carbonyl (C=O) groups excluding carboxylic acids is 1. The molecule has 0 amide bonds. The molecule has 0 atom stereocenters. The minimum absolute atomic E-state index is 0.155. The van der Waals surface area contributed by atoms with Crippen molar-refractivity contribution in [1.82, 2.24) is 4.90 Å². The van der Waals surface area contributed by atoms with E-state index in [4.69, 9.17) is 0 Å². The summed E-state index contributed by atoms with van der Waals surface area (Å²) in [6.07, 6.45) is 0. The van der Waals surface area contributed by atoms with Crippen molar-refractivity contribution in [1.29, 1.82) is 0 Å². The van der Waals surface area contributed by atoms with Crippen molar-refractivity contribution in [2.45, 2.75) is 0 Å². The molecule has 0 radical (unpaired) electrons. The van der Waals surface area contributed by atoms with Crippen LogP contribution in [0.15, 0.2) is 35.3 Å². The lowest BCUT2D eigenvalue weighted by Gasteiger charge is -2.07. The summed E-state index contributed by atoms with van der Waals surface area (Å²) in [6.45, 7) is 0.455. The van der Waals surface area contributed by atoms with Gasteiger partial charge < -0.3 is 4.90 Å². The molecule has 14 heavy (non-hydrogen) atoms. The number of hydrogen-bond donors (Lipinski definition) is 0. The lowest BCUT2D eigenvalue weighted by molar-refractivity contribution is -0.110. The van der Waals surface area contributed by atoms with Gasteiger partial charge in [0.05, 0.1) is 12.2 Å². The molecule has 1 aromatic rings. The van der Waals surface area contributed by atoms with E-state index >= 15 is 0 Å². The van der Waals surface area contributed by atoms with Gasteiger partial charge in [0.15, 0.2) is 5.17 Å². The van der Waals surface area contributed by atoms with Gasteiger partial charge in [-0.05, 0) is 23.9 Å². The highest BCUT2D eigenvalue weighted by Gasteiger charge is 2.23. The van der Waals surface area contributed by atoms with E-state index in [2.05, 4.69) is 4.99 Å². The van der Waals surface area contributed by atoms with Gasteiger partial charge in [0.1, 0.15) is 0 Å². The first-order chi connectivity index (χ1) is 6.75.